The van der Waals surface area contributed by atoms with Crippen molar-refractivity contribution in [1.29, 1.82) is 0 Å². The molecule has 6 heteroatoms. The van der Waals surface area contributed by atoms with Crippen LogP contribution in [0.25, 0.3) is 0 Å². The first kappa shape index (κ1) is 13.0. The normalized spacial score (nSPS) is 24.3. The lowest BCUT2D eigenvalue weighted by Crippen LogP contribution is -2.49. The second kappa shape index (κ2) is 5.06. The summed E-state index contributed by atoms with van der Waals surface area (Å²) in [6, 6.07) is 0.127. The van der Waals surface area contributed by atoms with Gasteiger partial charge in [-0.1, -0.05) is 12.1 Å². The number of nitrogens with two attached hydrogens (primary N) is 1. The van der Waals surface area contributed by atoms with Gasteiger partial charge in [0, 0.05) is 26.2 Å². The Kier molecular flexibility index (Phi) is 3.65. The molecule has 0 radical (unpaired) electrons. The van der Waals surface area contributed by atoms with Crippen LogP contribution in [0.2, 0.25) is 0 Å². The van der Waals surface area contributed by atoms with Crippen molar-refractivity contribution < 1.29 is 4.79 Å². The highest BCUT2D eigenvalue weighted by Gasteiger charge is 2.31. The van der Waals surface area contributed by atoms with E-state index in [-0.39, 0.29) is 11.9 Å². The fourth-order valence-corrected chi connectivity index (χ4v) is 2.48. The van der Waals surface area contributed by atoms with Crippen molar-refractivity contribution >= 4 is 5.91 Å². The first-order valence-electron chi connectivity index (χ1n) is 6.42. The summed E-state index contributed by atoms with van der Waals surface area (Å²) in [6.07, 6.45) is 2.00. The van der Waals surface area contributed by atoms with Crippen LogP contribution in [-0.2, 0) is 7.05 Å². The Hall–Kier alpha value is -1.43. The molecule has 2 heterocycles. The molecule has 1 aliphatic heterocycles. The fraction of sp³-hybridized carbons (Fsp3) is 0.750. The molecule has 0 spiro atoms. The number of aromatic nitrogens is 3. The molecule has 18 heavy (non-hydrogen) atoms. The number of aryl methyl sites for hydroxylation is 1. The highest BCUT2D eigenvalue weighted by Crippen LogP contribution is 2.23. The number of rotatable bonds is 2. The predicted molar refractivity (Wildman–Crippen MR) is 68.0 cm³/mol. The second-order valence-corrected chi connectivity index (χ2v) is 5.16. The monoisotopic (exact) mass is 251 g/mol. The van der Waals surface area contributed by atoms with E-state index in [1.807, 2.05) is 11.8 Å². The summed E-state index contributed by atoms with van der Waals surface area (Å²) in [6.45, 7) is 5.34. The molecule has 0 saturated carbocycles. The van der Waals surface area contributed by atoms with Gasteiger partial charge in [0.25, 0.3) is 5.91 Å². The molecule has 100 valence electrons. The van der Waals surface area contributed by atoms with Crippen molar-refractivity contribution in [1.82, 2.24) is 19.9 Å². The van der Waals surface area contributed by atoms with Crippen LogP contribution >= 0.6 is 0 Å². The molecule has 0 aromatic carbocycles. The fourth-order valence-electron chi connectivity index (χ4n) is 2.48. The number of nitrogens with zero attached hydrogens (tertiary/aromatic N) is 4. The highest BCUT2D eigenvalue weighted by atomic mass is 16.2. The number of likely N-dealkylation sites (tertiary alicyclic amines) is 1. The Balaban J connectivity index is 2.20. The first-order valence-corrected chi connectivity index (χ1v) is 6.42. The van der Waals surface area contributed by atoms with Crippen molar-refractivity contribution in [2.75, 3.05) is 13.1 Å². The molecule has 2 N–H and O–H groups in total. The largest absolute Gasteiger partial charge is 0.333 e. The average Bonchev–Trinajstić information content (AvgIpc) is 2.69. The summed E-state index contributed by atoms with van der Waals surface area (Å²) >= 11 is 0. The molecule has 1 fully saturated rings. The zero-order valence-electron chi connectivity index (χ0n) is 11.3. The third-order valence-electron chi connectivity index (χ3n) is 3.82. The number of piperidine rings is 1. The topological polar surface area (TPSA) is 77.0 Å². The van der Waals surface area contributed by atoms with Gasteiger partial charge < -0.3 is 10.6 Å². The lowest BCUT2D eigenvalue weighted by molar-refractivity contribution is 0.0566. The van der Waals surface area contributed by atoms with Gasteiger partial charge in [-0.3, -0.25) is 9.48 Å². The molecule has 1 amide bonds. The summed E-state index contributed by atoms with van der Waals surface area (Å²) in [5.74, 6) is 0.591. The van der Waals surface area contributed by atoms with Gasteiger partial charge in [0.15, 0.2) is 5.69 Å². The molecule has 1 aromatic heterocycles. The Morgan fingerprint density at radius 3 is 2.83 bits per heavy atom. The van der Waals surface area contributed by atoms with Crippen LogP contribution in [0.15, 0.2) is 0 Å². The quantitative estimate of drug-likeness (QED) is 0.821. The van der Waals surface area contributed by atoms with Crippen LogP contribution in [0, 0.1) is 12.8 Å². The van der Waals surface area contributed by atoms with E-state index in [1.165, 1.54) is 0 Å². The van der Waals surface area contributed by atoms with E-state index in [0.29, 0.717) is 18.2 Å². The van der Waals surface area contributed by atoms with Crippen LogP contribution in [0.3, 0.4) is 0 Å². The number of hydrogen-bond acceptors (Lipinski definition) is 4. The van der Waals surface area contributed by atoms with E-state index in [9.17, 15) is 4.79 Å². The van der Waals surface area contributed by atoms with E-state index >= 15 is 0 Å². The summed E-state index contributed by atoms with van der Waals surface area (Å²) in [4.78, 5) is 14.3. The maximum Gasteiger partial charge on any atom is 0.276 e. The molecular weight excluding hydrogens is 230 g/mol. The van der Waals surface area contributed by atoms with Crippen LogP contribution < -0.4 is 5.73 Å². The van der Waals surface area contributed by atoms with Crippen molar-refractivity contribution in [3.8, 4) is 0 Å². The number of carbonyl (C=O) groups is 1. The molecule has 1 aliphatic rings. The summed E-state index contributed by atoms with van der Waals surface area (Å²) in [7, 11) is 1.79. The molecular formula is C12H21N5O. The predicted octanol–water partition coefficient (Wildman–Crippen LogP) is 0.323. The summed E-state index contributed by atoms with van der Waals surface area (Å²) in [5.41, 5.74) is 7.03. The standard InChI is InChI=1S/C12H21N5O/c1-8-4-5-17(10(6-8)7-13)12(18)11-9(2)16(3)15-14-11/h8,10H,4-7,13H2,1-3H3. The molecule has 2 rings (SSSR count). The Bertz CT molecular complexity index is 442. The number of hydrogen-bond donors (Lipinski definition) is 1. The van der Waals surface area contributed by atoms with Gasteiger partial charge in [-0.25, -0.2) is 0 Å². The van der Waals surface area contributed by atoms with Crippen molar-refractivity contribution in [3.05, 3.63) is 11.4 Å². The van der Waals surface area contributed by atoms with Gasteiger partial charge >= 0.3 is 0 Å². The van der Waals surface area contributed by atoms with E-state index in [4.69, 9.17) is 5.73 Å². The first-order chi connectivity index (χ1) is 8.54. The lowest BCUT2D eigenvalue weighted by Gasteiger charge is -2.37. The van der Waals surface area contributed by atoms with Crippen LogP contribution in [0.1, 0.15) is 35.9 Å². The third-order valence-corrected chi connectivity index (χ3v) is 3.82. The van der Waals surface area contributed by atoms with Crippen molar-refractivity contribution in [2.24, 2.45) is 18.7 Å². The minimum Gasteiger partial charge on any atom is -0.333 e. The van der Waals surface area contributed by atoms with Gasteiger partial charge in [0.05, 0.1) is 5.69 Å². The van der Waals surface area contributed by atoms with Gasteiger partial charge in [-0.15, -0.1) is 5.10 Å². The van der Waals surface area contributed by atoms with Gasteiger partial charge in [0.2, 0.25) is 0 Å². The lowest BCUT2D eigenvalue weighted by atomic mass is 9.92. The maximum atomic E-state index is 12.5. The van der Waals surface area contributed by atoms with Crippen LogP contribution in [0.5, 0.6) is 0 Å². The Morgan fingerprint density at radius 2 is 2.28 bits per heavy atom. The molecule has 2 atom stereocenters. The third kappa shape index (κ3) is 2.25. The Morgan fingerprint density at radius 1 is 1.56 bits per heavy atom. The number of amides is 1. The van der Waals surface area contributed by atoms with E-state index in [1.54, 1.807) is 11.7 Å². The van der Waals surface area contributed by atoms with Gasteiger partial charge in [-0.05, 0) is 25.7 Å². The number of carbonyl (C=O) groups excluding carboxylic acids is 1. The summed E-state index contributed by atoms with van der Waals surface area (Å²) in [5, 5.41) is 7.84. The molecule has 1 saturated heterocycles. The zero-order chi connectivity index (χ0) is 13.3. The minimum atomic E-state index is -0.0389. The van der Waals surface area contributed by atoms with E-state index < -0.39 is 0 Å². The molecule has 6 nitrogen and oxygen atoms in total. The van der Waals surface area contributed by atoms with Gasteiger partial charge in [-0.2, -0.15) is 0 Å². The SMILES string of the molecule is Cc1c(C(=O)N2CCC(C)CC2CN)nnn1C. The smallest absolute Gasteiger partial charge is 0.276 e. The zero-order valence-corrected chi connectivity index (χ0v) is 11.3. The molecule has 0 aliphatic carbocycles. The van der Waals surface area contributed by atoms with Crippen molar-refractivity contribution in [2.45, 2.75) is 32.7 Å². The van der Waals surface area contributed by atoms with Crippen molar-refractivity contribution in [3.63, 3.8) is 0 Å². The average molecular weight is 251 g/mol. The maximum absolute atomic E-state index is 12.5. The summed E-state index contributed by atoms with van der Waals surface area (Å²) < 4.78 is 1.62. The van der Waals surface area contributed by atoms with E-state index in [0.717, 1.165) is 25.1 Å². The highest BCUT2D eigenvalue weighted by molar-refractivity contribution is 5.93. The molecule has 0 bridgehead atoms. The minimum absolute atomic E-state index is 0.0389. The van der Waals surface area contributed by atoms with Crippen LogP contribution in [0.4, 0.5) is 0 Å². The Labute approximate surface area is 107 Å². The van der Waals surface area contributed by atoms with Crippen LogP contribution in [-0.4, -0.2) is 44.9 Å². The molecule has 1 aromatic rings. The molecule has 2 unspecified atom stereocenters. The van der Waals surface area contributed by atoms with E-state index in [2.05, 4.69) is 17.2 Å². The van der Waals surface area contributed by atoms with Gasteiger partial charge in [0.1, 0.15) is 0 Å². The second-order valence-electron chi connectivity index (χ2n) is 5.16.